The molecule has 2 aliphatic rings. The molecule has 1 aromatic carbocycles. The maximum Gasteiger partial charge on any atom is 0.257 e. The molecule has 33 heavy (non-hydrogen) atoms. The molecule has 8 heteroatoms. The van der Waals surface area contributed by atoms with Gasteiger partial charge in [-0.2, -0.15) is 0 Å². The monoisotopic (exact) mass is 450 g/mol. The van der Waals surface area contributed by atoms with Crippen molar-refractivity contribution < 1.29 is 19.1 Å². The molecular formula is C25H30N4O4. The van der Waals surface area contributed by atoms with Crippen molar-refractivity contribution in [3.63, 3.8) is 0 Å². The fourth-order valence-corrected chi connectivity index (χ4v) is 4.61. The van der Waals surface area contributed by atoms with E-state index >= 15 is 0 Å². The van der Waals surface area contributed by atoms with Gasteiger partial charge >= 0.3 is 0 Å². The predicted molar refractivity (Wildman–Crippen MR) is 124 cm³/mol. The fraction of sp³-hybridized carbons (Fsp3) is 0.440. The molecule has 174 valence electrons. The van der Waals surface area contributed by atoms with Gasteiger partial charge in [-0.25, -0.2) is 4.98 Å². The Morgan fingerprint density at radius 3 is 2.85 bits per heavy atom. The highest BCUT2D eigenvalue weighted by Gasteiger charge is 2.52. The summed E-state index contributed by atoms with van der Waals surface area (Å²) in [5.74, 6) is 0.371. The van der Waals surface area contributed by atoms with Crippen LogP contribution in [0.2, 0.25) is 0 Å². The lowest BCUT2D eigenvalue weighted by atomic mass is 9.98. The molecule has 3 heterocycles. The van der Waals surface area contributed by atoms with Gasteiger partial charge in [0.15, 0.2) is 0 Å². The molecule has 2 aromatic rings. The van der Waals surface area contributed by atoms with Crippen molar-refractivity contribution in [3.05, 3.63) is 53.7 Å². The largest absolute Gasteiger partial charge is 0.477 e. The van der Waals surface area contributed by atoms with E-state index in [1.165, 1.54) is 0 Å². The van der Waals surface area contributed by atoms with Gasteiger partial charge in [-0.3, -0.25) is 19.3 Å². The van der Waals surface area contributed by atoms with Crippen LogP contribution in [0, 0.1) is 0 Å². The van der Waals surface area contributed by atoms with Crippen LogP contribution in [-0.2, 0) is 16.1 Å². The molecule has 1 saturated heterocycles. The van der Waals surface area contributed by atoms with Gasteiger partial charge in [0, 0.05) is 37.7 Å². The van der Waals surface area contributed by atoms with Crippen LogP contribution in [0.4, 0.5) is 5.69 Å². The third kappa shape index (κ3) is 4.42. The molecule has 1 atom stereocenters. The number of anilines is 1. The Hall–Kier alpha value is -3.42. The highest BCUT2D eigenvalue weighted by Crippen LogP contribution is 2.44. The van der Waals surface area contributed by atoms with E-state index in [-0.39, 0.29) is 24.1 Å². The first kappa shape index (κ1) is 22.8. The van der Waals surface area contributed by atoms with Crippen LogP contribution >= 0.6 is 0 Å². The number of nitrogens with zero attached hydrogens (tertiary/aromatic N) is 3. The first-order chi connectivity index (χ1) is 16.0. The Morgan fingerprint density at radius 2 is 2.03 bits per heavy atom. The smallest absolute Gasteiger partial charge is 0.257 e. The number of hydrogen-bond acceptors (Lipinski definition) is 5. The van der Waals surface area contributed by atoms with Crippen molar-refractivity contribution in [2.24, 2.45) is 0 Å². The highest BCUT2D eigenvalue weighted by atomic mass is 16.5. The van der Waals surface area contributed by atoms with Gasteiger partial charge in [-0.1, -0.05) is 25.1 Å². The predicted octanol–water partition coefficient (Wildman–Crippen LogP) is 3.27. The maximum absolute atomic E-state index is 13.2. The summed E-state index contributed by atoms with van der Waals surface area (Å²) in [5, 5.41) is 2.92. The number of pyridine rings is 1. The van der Waals surface area contributed by atoms with E-state index in [0.717, 1.165) is 12.0 Å². The van der Waals surface area contributed by atoms with Crippen molar-refractivity contribution in [2.45, 2.75) is 58.2 Å². The zero-order chi connectivity index (χ0) is 23.4. The number of fused-ring (bicyclic) bond motifs is 3. The molecule has 0 bridgehead atoms. The first-order valence-corrected chi connectivity index (χ1v) is 11.5. The van der Waals surface area contributed by atoms with Gasteiger partial charge in [-0.15, -0.1) is 0 Å². The molecule has 0 aliphatic carbocycles. The molecule has 0 radical (unpaired) electrons. The molecule has 1 unspecified atom stereocenters. The van der Waals surface area contributed by atoms with Gasteiger partial charge < -0.3 is 15.0 Å². The molecule has 1 N–H and O–H groups in total. The lowest BCUT2D eigenvalue weighted by Crippen LogP contribution is -2.62. The molecule has 1 fully saturated rings. The maximum atomic E-state index is 13.2. The minimum atomic E-state index is -0.694. The minimum absolute atomic E-state index is 0.0257. The molecule has 1 aromatic heterocycles. The van der Waals surface area contributed by atoms with Crippen molar-refractivity contribution in [1.29, 1.82) is 0 Å². The summed E-state index contributed by atoms with van der Waals surface area (Å²) in [6.45, 7) is 5.27. The van der Waals surface area contributed by atoms with Crippen LogP contribution in [0.15, 0.2) is 42.6 Å². The molecule has 8 nitrogen and oxygen atoms in total. The third-order valence-electron chi connectivity index (χ3n) is 6.30. The number of rotatable bonds is 9. The molecule has 0 spiro atoms. The van der Waals surface area contributed by atoms with Gasteiger partial charge in [0.05, 0.1) is 17.9 Å². The Morgan fingerprint density at radius 1 is 1.21 bits per heavy atom. The number of amides is 3. The number of aromatic nitrogens is 1. The summed E-state index contributed by atoms with van der Waals surface area (Å²) in [6.07, 6.45) is 4.32. The molecular weight excluding hydrogens is 420 g/mol. The lowest BCUT2D eigenvalue weighted by Gasteiger charge is -2.48. The van der Waals surface area contributed by atoms with E-state index in [2.05, 4.69) is 10.3 Å². The molecule has 0 saturated carbocycles. The zero-order valence-corrected chi connectivity index (χ0v) is 19.2. The number of ether oxygens (including phenoxy) is 1. The van der Waals surface area contributed by atoms with Crippen LogP contribution in [0.25, 0.3) is 0 Å². The summed E-state index contributed by atoms with van der Waals surface area (Å²) in [7, 11) is 0. The van der Waals surface area contributed by atoms with Crippen molar-refractivity contribution in [2.75, 3.05) is 18.1 Å². The minimum Gasteiger partial charge on any atom is -0.477 e. The van der Waals surface area contributed by atoms with Gasteiger partial charge in [0.1, 0.15) is 5.66 Å². The zero-order valence-electron chi connectivity index (χ0n) is 19.2. The summed E-state index contributed by atoms with van der Waals surface area (Å²) in [4.78, 5) is 46.1. The van der Waals surface area contributed by atoms with E-state index in [4.69, 9.17) is 4.74 Å². The number of carbonyl (C=O) groups is 3. The van der Waals surface area contributed by atoms with Crippen LogP contribution in [0.3, 0.4) is 0 Å². The second-order valence-corrected chi connectivity index (χ2v) is 8.62. The normalized spacial score (nSPS) is 19.3. The number of para-hydroxylation sites is 1. The van der Waals surface area contributed by atoms with E-state index in [1.807, 2.05) is 44.2 Å². The van der Waals surface area contributed by atoms with E-state index in [9.17, 15) is 14.4 Å². The summed E-state index contributed by atoms with van der Waals surface area (Å²) >= 11 is 0. The van der Waals surface area contributed by atoms with Crippen molar-refractivity contribution >= 4 is 23.4 Å². The third-order valence-corrected chi connectivity index (χ3v) is 6.30. The van der Waals surface area contributed by atoms with Crippen molar-refractivity contribution in [1.82, 2.24) is 15.2 Å². The number of carbonyl (C=O) groups excluding carboxylic acids is 3. The van der Waals surface area contributed by atoms with Crippen LogP contribution < -0.4 is 15.0 Å². The van der Waals surface area contributed by atoms with Gasteiger partial charge in [-0.05, 0) is 44.4 Å². The van der Waals surface area contributed by atoms with Crippen LogP contribution in [0.5, 0.6) is 5.88 Å². The molecule has 2 aliphatic heterocycles. The Balaban J connectivity index is 1.36. The Labute approximate surface area is 193 Å². The number of hydrogen-bond donors (Lipinski definition) is 1. The van der Waals surface area contributed by atoms with E-state index in [0.29, 0.717) is 56.1 Å². The van der Waals surface area contributed by atoms with E-state index < -0.39 is 5.66 Å². The summed E-state index contributed by atoms with van der Waals surface area (Å²) < 4.78 is 5.64. The number of nitrogens with one attached hydrogen (secondary N) is 1. The van der Waals surface area contributed by atoms with Gasteiger partial charge in [0.25, 0.3) is 5.91 Å². The van der Waals surface area contributed by atoms with E-state index in [1.54, 1.807) is 22.1 Å². The second kappa shape index (κ2) is 9.60. The summed E-state index contributed by atoms with van der Waals surface area (Å²) in [5.41, 5.74) is 1.35. The quantitative estimate of drug-likeness (QED) is 0.633. The second-order valence-electron chi connectivity index (χ2n) is 8.62. The standard InChI is InChI=1S/C25H30N4O4/c1-3-16-33-23-18(8-6-14-26-23)17-27-21(30)11-7-15-28-24(32)19-9-4-5-10-20(19)29-22(31)12-13-25(28,29)2/h4-6,8-10,14H,3,7,11-13,15-17H2,1-2H3,(H,27,30). The fourth-order valence-electron chi connectivity index (χ4n) is 4.61. The topological polar surface area (TPSA) is 91.8 Å². The SMILES string of the molecule is CCCOc1ncccc1CNC(=O)CCCN1C(=O)c2ccccc2N2C(=O)CCC12C. The number of benzene rings is 1. The first-order valence-electron chi connectivity index (χ1n) is 11.5. The van der Waals surface area contributed by atoms with Gasteiger partial charge in [0.2, 0.25) is 17.7 Å². The molecule has 3 amide bonds. The van der Waals surface area contributed by atoms with Crippen LogP contribution in [0.1, 0.15) is 61.9 Å². The van der Waals surface area contributed by atoms with Crippen molar-refractivity contribution in [3.8, 4) is 5.88 Å². The van der Waals surface area contributed by atoms with Crippen LogP contribution in [-0.4, -0.2) is 46.4 Å². The Bertz CT molecular complexity index is 1060. The molecule has 4 rings (SSSR count). The summed E-state index contributed by atoms with van der Waals surface area (Å²) in [6, 6.07) is 10.9. The average Bonchev–Trinajstić information content (AvgIpc) is 3.14. The lowest BCUT2D eigenvalue weighted by molar-refractivity contribution is -0.121. The average molecular weight is 451 g/mol. The Kier molecular flexibility index (Phi) is 6.62. The highest BCUT2D eigenvalue weighted by molar-refractivity contribution is 6.10.